The van der Waals surface area contributed by atoms with Crippen LogP contribution in [-0.2, 0) is 22.4 Å². The van der Waals surface area contributed by atoms with Gasteiger partial charge in [0.25, 0.3) is 5.69 Å². The van der Waals surface area contributed by atoms with Crippen molar-refractivity contribution in [2.45, 2.75) is 33.1 Å². The highest BCUT2D eigenvalue weighted by Gasteiger charge is 2.28. The molecular weight excluding hydrogens is 392 g/mol. The van der Waals surface area contributed by atoms with Crippen molar-refractivity contribution in [3.8, 4) is 0 Å². The highest BCUT2D eigenvalue weighted by atomic mass is 32.1. The van der Waals surface area contributed by atoms with Crippen molar-refractivity contribution in [1.82, 2.24) is 0 Å². The summed E-state index contributed by atoms with van der Waals surface area (Å²) in [5, 5.41) is 14.2. The number of carbonyl (C=O) groups is 2. The van der Waals surface area contributed by atoms with Crippen LogP contribution in [0.1, 0.15) is 46.6 Å². The molecule has 1 heterocycles. The number of fused-ring (bicyclic) bond motifs is 1. The molecule has 1 aromatic heterocycles. The van der Waals surface area contributed by atoms with Gasteiger partial charge in [0.05, 0.1) is 17.1 Å². The number of amides is 1. The van der Waals surface area contributed by atoms with E-state index >= 15 is 0 Å². The summed E-state index contributed by atoms with van der Waals surface area (Å²) in [4.78, 5) is 36.4. The Hall–Kier alpha value is -3.00. The number of esters is 1. The Balaban J connectivity index is 1.82. The van der Waals surface area contributed by atoms with Gasteiger partial charge in [-0.25, -0.2) is 4.79 Å². The van der Waals surface area contributed by atoms with Gasteiger partial charge in [0.15, 0.2) is 0 Å². The Morgan fingerprint density at radius 2 is 2.21 bits per heavy atom. The number of nitrogens with zero attached hydrogens (tertiary/aromatic N) is 1. The summed E-state index contributed by atoms with van der Waals surface area (Å²) < 4.78 is 5.20. The van der Waals surface area contributed by atoms with Crippen LogP contribution in [0.15, 0.2) is 30.3 Å². The van der Waals surface area contributed by atoms with Gasteiger partial charge in [-0.2, -0.15) is 0 Å². The molecule has 0 unspecified atom stereocenters. The first-order valence-electron chi connectivity index (χ1n) is 9.44. The fourth-order valence-electron chi connectivity index (χ4n) is 3.33. The molecule has 1 aliphatic rings. The Labute approximate surface area is 172 Å². The number of rotatable bonds is 6. The van der Waals surface area contributed by atoms with Crippen molar-refractivity contribution in [3.63, 3.8) is 0 Å². The number of hydrogen-bond acceptors (Lipinski definition) is 6. The molecule has 0 spiro atoms. The van der Waals surface area contributed by atoms with Gasteiger partial charge in [-0.3, -0.25) is 14.9 Å². The number of thiophene rings is 1. The van der Waals surface area contributed by atoms with Gasteiger partial charge >= 0.3 is 5.97 Å². The molecule has 3 rings (SSSR count). The number of carbonyl (C=O) groups excluding carboxylic acids is 2. The van der Waals surface area contributed by atoms with Gasteiger partial charge in [0.1, 0.15) is 5.00 Å². The number of hydrogen-bond donors (Lipinski definition) is 1. The van der Waals surface area contributed by atoms with Crippen molar-refractivity contribution in [1.29, 1.82) is 0 Å². The molecule has 1 aliphatic carbocycles. The van der Waals surface area contributed by atoms with E-state index in [4.69, 9.17) is 4.74 Å². The van der Waals surface area contributed by atoms with Gasteiger partial charge in [0.2, 0.25) is 5.91 Å². The molecule has 0 saturated heterocycles. The predicted octanol–water partition coefficient (Wildman–Crippen LogP) is 4.61. The molecule has 7 nitrogen and oxygen atoms in total. The second kappa shape index (κ2) is 9.00. The van der Waals surface area contributed by atoms with Gasteiger partial charge in [-0.05, 0) is 49.3 Å². The van der Waals surface area contributed by atoms with Gasteiger partial charge in [-0.1, -0.05) is 19.1 Å². The largest absolute Gasteiger partial charge is 0.462 e. The predicted molar refractivity (Wildman–Crippen MR) is 112 cm³/mol. The maximum atomic E-state index is 12.5. The van der Waals surface area contributed by atoms with Crippen LogP contribution < -0.4 is 5.32 Å². The van der Waals surface area contributed by atoms with Gasteiger partial charge < -0.3 is 10.1 Å². The quantitative estimate of drug-likeness (QED) is 0.322. The highest BCUT2D eigenvalue weighted by molar-refractivity contribution is 7.17. The van der Waals surface area contributed by atoms with Crippen molar-refractivity contribution in [3.05, 3.63) is 62.0 Å². The molecule has 0 bridgehead atoms. The van der Waals surface area contributed by atoms with Crippen LogP contribution in [-0.4, -0.2) is 23.4 Å². The number of nitro benzene ring substituents is 1. The van der Waals surface area contributed by atoms with E-state index in [1.165, 1.54) is 35.6 Å². The number of benzene rings is 1. The van der Waals surface area contributed by atoms with Crippen molar-refractivity contribution >= 4 is 40.0 Å². The van der Waals surface area contributed by atoms with E-state index in [-0.39, 0.29) is 12.3 Å². The molecule has 1 amide bonds. The molecule has 152 valence electrons. The molecule has 1 N–H and O–H groups in total. The van der Waals surface area contributed by atoms with E-state index < -0.39 is 16.8 Å². The summed E-state index contributed by atoms with van der Waals surface area (Å²) in [6.07, 6.45) is 5.47. The monoisotopic (exact) mass is 414 g/mol. The summed E-state index contributed by atoms with van der Waals surface area (Å²) in [6.45, 7) is 4.19. The highest BCUT2D eigenvalue weighted by Crippen LogP contribution is 2.40. The normalized spacial score (nSPS) is 15.7. The number of ether oxygens (including phenoxy) is 1. The average molecular weight is 414 g/mol. The molecule has 1 aromatic carbocycles. The first-order chi connectivity index (χ1) is 13.9. The number of non-ortho nitro benzene ring substituents is 1. The summed E-state index contributed by atoms with van der Waals surface area (Å²) in [7, 11) is 0. The van der Waals surface area contributed by atoms with Crippen LogP contribution in [0, 0.1) is 16.0 Å². The maximum absolute atomic E-state index is 12.5. The second-order valence-electron chi connectivity index (χ2n) is 6.95. The van der Waals surface area contributed by atoms with Crippen molar-refractivity contribution < 1.29 is 19.2 Å². The van der Waals surface area contributed by atoms with Crippen LogP contribution in [0.3, 0.4) is 0 Å². The van der Waals surface area contributed by atoms with E-state index in [9.17, 15) is 19.7 Å². The molecule has 29 heavy (non-hydrogen) atoms. The lowest BCUT2D eigenvalue weighted by molar-refractivity contribution is -0.384. The van der Waals surface area contributed by atoms with E-state index in [1.54, 1.807) is 19.1 Å². The van der Waals surface area contributed by atoms with E-state index in [1.807, 2.05) is 0 Å². The SMILES string of the molecule is CCOC(=O)c1c(NC(=O)/C=C\c2cccc([N+](=O)[O-])c2)sc2c1CC[C@H](C)C2. The first-order valence-corrected chi connectivity index (χ1v) is 10.3. The Morgan fingerprint density at radius 1 is 1.41 bits per heavy atom. The topological polar surface area (TPSA) is 98.5 Å². The molecular formula is C21H22N2O5S. The smallest absolute Gasteiger partial charge is 0.341 e. The third kappa shape index (κ3) is 4.89. The molecule has 0 fully saturated rings. The standard InChI is InChI=1S/C21H22N2O5S/c1-3-28-21(25)19-16-9-7-13(2)11-17(16)29-20(19)22-18(24)10-8-14-5-4-6-15(12-14)23(26)27/h4-6,8,10,12-13H,3,7,9,11H2,1-2H3,(H,22,24)/b10-8-/t13-/m0/s1. The number of anilines is 1. The minimum absolute atomic E-state index is 0.0443. The zero-order valence-electron chi connectivity index (χ0n) is 16.3. The van der Waals surface area contributed by atoms with Gasteiger partial charge in [-0.15, -0.1) is 11.3 Å². The van der Waals surface area contributed by atoms with Crippen molar-refractivity contribution in [2.75, 3.05) is 11.9 Å². The first kappa shape index (κ1) is 20.7. The maximum Gasteiger partial charge on any atom is 0.341 e. The van der Waals surface area contributed by atoms with Crippen molar-refractivity contribution in [2.24, 2.45) is 5.92 Å². The lowest BCUT2D eigenvalue weighted by Gasteiger charge is -2.18. The van der Waals surface area contributed by atoms with E-state index in [2.05, 4.69) is 12.2 Å². The summed E-state index contributed by atoms with van der Waals surface area (Å²) in [5.74, 6) is -0.292. The van der Waals surface area contributed by atoms with E-state index in [0.29, 0.717) is 22.0 Å². The van der Waals surface area contributed by atoms with Crippen LogP contribution in [0.25, 0.3) is 6.08 Å². The van der Waals surface area contributed by atoms with Crippen LogP contribution in [0.2, 0.25) is 0 Å². The number of nitro groups is 1. The Bertz CT molecular complexity index is 979. The second-order valence-corrected chi connectivity index (χ2v) is 8.06. The molecule has 2 aromatic rings. The third-order valence-electron chi connectivity index (χ3n) is 4.74. The van der Waals surface area contributed by atoms with Crippen LogP contribution in [0.4, 0.5) is 10.7 Å². The molecule has 0 aliphatic heterocycles. The summed E-state index contributed by atoms with van der Waals surface area (Å²) in [6, 6.07) is 6.01. The third-order valence-corrected chi connectivity index (χ3v) is 5.91. The van der Waals surface area contributed by atoms with Gasteiger partial charge in [0, 0.05) is 23.1 Å². The average Bonchev–Trinajstić information content (AvgIpc) is 3.03. The zero-order chi connectivity index (χ0) is 21.0. The minimum Gasteiger partial charge on any atom is -0.462 e. The van der Waals surface area contributed by atoms with E-state index in [0.717, 1.165) is 29.7 Å². The fourth-order valence-corrected chi connectivity index (χ4v) is 4.73. The van der Waals surface area contributed by atoms with Crippen LogP contribution >= 0.6 is 11.3 Å². The fraction of sp³-hybridized carbons (Fsp3) is 0.333. The molecule has 0 saturated carbocycles. The summed E-state index contributed by atoms with van der Waals surface area (Å²) >= 11 is 1.42. The molecule has 1 atom stereocenters. The Kier molecular flexibility index (Phi) is 6.43. The van der Waals surface area contributed by atoms with Crippen LogP contribution in [0.5, 0.6) is 0 Å². The summed E-state index contributed by atoms with van der Waals surface area (Å²) in [5.41, 5.74) is 1.93. The molecule has 0 radical (unpaired) electrons. The molecule has 8 heteroatoms. The minimum atomic E-state index is -0.486. The lowest BCUT2D eigenvalue weighted by atomic mass is 9.88. The Morgan fingerprint density at radius 3 is 2.93 bits per heavy atom. The zero-order valence-corrected chi connectivity index (χ0v) is 17.1. The number of nitrogens with one attached hydrogen (secondary N) is 1. The lowest BCUT2D eigenvalue weighted by Crippen LogP contribution is -2.15.